The van der Waals surface area contributed by atoms with Crippen molar-refractivity contribution in [3.05, 3.63) is 200 Å². The molecule has 0 spiro atoms. The lowest BCUT2D eigenvalue weighted by Gasteiger charge is -2.15. The van der Waals surface area contributed by atoms with E-state index in [2.05, 4.69) is 170 Å². The third-order valence-electron chi connectivity index (χ3n) is 11.0. The summed E-state index contributed by atoms with van der Waals surface area (Å²) >= 11 is 0. The van der Waals surface area contributed by atoms with Gasteiger partial charge in [0.05, 0.1) is 11.4 Å². The summed E-state index contributed by atoms with van der Waals surface area (Å²) in [4.78, 5) is 10.5. The molecule has 2 aliphatic rings. The maximum Gasteiger partial charge on any atom is 0.160 e. The Morgan fingerprint density at radius 3 is 1.79 bits per heavy atom. The van der Waals surface area contributed by atoms with Crippen LogP contribution in [0.5, 0.6) is 5.75 Å². The Morgan fingerprint density at radius 1 is 0.393 bits per heavy atom. The number of ether oxygens (including phenoxy) is 1. The molecule has 3 heterocycles. The second-order valence-corrected chi connectivity index (χ2v) is 14.5. The first-order chi connectivity index (χ1) is 27.7. The van der Waals surface area contributed by atoms with Gasteiger partial charge in [0.2, 0.25) is 0 Å². The lowest BCUT2D eigenvalue weighted by Crippen LogP contribution is -2.15. The normalized spacial score (nSPS) is 15.5. The van der Waals surface area contributed by atoms with Crippen LogP contribution in [-0.2, 0) is 0 Å². The van der Waals surface area contributed by atoms with Gasteiger partial charge in [-0.25, -0.2) is 9.97 Å². The van der Waals surface area contributed by atoms with Crippen LogP contribution in [0.3, 0.4) is 0 Å². The molecule has 4 nitrogen and oxygen atoms in total. The van der Waals surface area contributed by atoms with Gasteiger partial charge in [-0.2, -0.15) is 0 Å². The Labute approximate surface area is 324 Å². The topological polar surface area (TPSA) is 48.2 Å². The van der Waals surface area contributed by atoms with E-state index in [4.69, 9.17) is 19.1 Å². The van der Waals surface area contributed by atoms with Crippen LogP contribution in [0.1, 0.15) is 11.5 Å². The molecule has 1 aliphatic carbocycles. The van der Waals surface area contributed by atoms with Crippen LogP contribution in [0.2, 0.25) is 0 Å². The first kappa shape index (κ1) is 32.2. The molecule has 0 saturated heterocycles. The SMILES string of the molecule is C1=CC2Oc3ccc(-c4cc(-c5ccc6oc7ccccc7c6c5)cc(-c5cc(-c6ccccc6)nc(-c6ccc(-c7ccccc7)cc6)n5)c4)cc3C2C=C1. The van der Waals surface area contributed by atoms with Gasteiger partial charge in [-0.05, 0) is 94.1 Å². The minimum atomic E-state index is 0.0289. The van der Waals surface area contributed by atoms with Crippen molar-refractivity contribution in [1.82, 2.24) is 9.97 Å². The average molecular weight is 719 g/mol. The van der Waals surface area contributed by atoms with Gasteiger partial charge >= 0.3 is 0 Å². The number of para-hydroxylation sites is 1. The highest BCUT2D eigenvalue weighted by Gasteiger charge is 2.32. The molecule has 2 unspecified atom stereocenters. The smallest absolute Gasteiger partial charge is 0.160 e. The van der Waals surface area contributed by atoms with Gasteiger partial charge in [0.15, 0.2) is 5.82 Å². The lowest BCUT2D eigenvalue weighted by atomic mass is 9.89. The molecule has 0 radical (unpaired) electrons. The number of nitrogens with zero attached hydrogens (tertiary/aromatic N) is 2. The molecular formula is C52H34N2O2. The maximum absolute atomic E-state index is 6.34. The summed E-state index contributed by atoms with van der Waals surface area (Å²) in [5, 5.41) is 2.20. The minimum absolute atomic E-state index is 0.0289. The van der Waals surface area contributed by atoms with E-state index in [9.17, 15) is 0 Å². The summed E-state index contributed by atoms with van der Waals surface area (Å²) < 4.78 is 12.6. The highest BCUT2D eigenvalue weighted by atomic mass is 16.5. The molecule has 0 bridgehead atoms. The van der Waals surface area contributed by atoms with Crippen molar-refractivity contribution < 1.29 is 9.15 Å². The monoisotopic (exact) mass is 718 g/mol. The Morgan fingerprint density at radius 2 is 0.982 bits per heavy atom. The molecular weight excluding hydrogens is 685 g/mol. The summed E-state index contributed by atoms with van der Waals surface area (Å²) in [6.45, 7) is 0. The van der Waals surface area contributed by atoms with E-state index in [-0.39, 0.29) is 12.0 Å². The molecule has 0 N–H and O–H groups in total. The highest BCUT2D eigenvalue weighted by molar-refractivity contribution is 6.06. The van der Waals surface area contributed by atoms with Gasteiger partial charge in [-0.15, -0.1) is 0 Å². The van der Waals surface area contributed by atoms with Crippen LogP contribution in [0.4, 0.5) is 0 Å². The molecule has 7 aromatic carbocycles. The number of furan rings is 1. The van der Waals surface area contributed by atoms with Crippen LogP contribution < -0.4 is 4.74 Å². The van der Waals surface area contributed by atoms with Gasteiger partial charge in [0.25, 0.3) is 0 Å². The molecule has 0 amide bonds. The second kappa shape index (κ2) is 13.2. The van der Waals surface area contributed by atoms with E-state index in [1.54, 1.807) is 0 Å². The maximum atomic E-state index is 6.34. The minimum Gasteiger partial charge on any atom is -0.485 e. The zero-order valence-electron chi connectivity index (χ0n) is 30.3. The van der Waals surface area contributed by atoms with Crippen molar-refractivity contribution >= 4 is 21.9 Å². The van der Waals surface area contributed by atoms with Crippen LogP contribution >= 0.6 is 0 Å². The van der Waals surface area contributed by atoms with Crippen molar-refractivity contribution in [3.63, 3.8) is 0 Å². The highest BCUT2D eigenvalue weighted by Crippen LogP contribution is 2.44. The summed E-state index contributed by atoms with van der Waals surface area (Å²) in [5.41, 5.74) is 14.4. The molecule has 4 heteroatoms. The van der Waals surface area contributed by atoms with Crippen LogP contribution in [0.25, 0.3) is 89.2 Å². The lowest BCUT2D eigenvalue weighted by molar-refractivity contribution is 0.269. The fourth-order valence-corrected chi connectivity index (χ4v) is 8.16. The third kappa shape index (κ3) is 5.71. The second-order valence-electron chi connectivity index (χ2n) is 14.5. The van der Waals surface area contributed by atoms with Crippen LogP contribution in [0.15, 0.2) is 199 Å². The Kier molecular flexibility index (Phi) is 7.59. The third-order valence-corrected chi connectivity index (χ3v) is 11.0. The summed E-state index contributed by atoms with van der Waals surface area (Å²) in [6.07, 6.45) is 8.60. The number of aromatic nitrogens is 2. The summed E-state index contributed by atoms with van der Waals surface area (Å²) in [6, 6.07) is 59.6. The van der Waals surface area contributed by atoms with E-state index in [0.29, 0.717) is 5.82 Å². The van der Waals surface area contributed by atoms with Crippen molar-refractivity contribution in [2.75, 3.05) is 0 Å². The number of rotatable bonds is 6. The molecule has 0 fully saturated rings. The van der Waals surface area contributed by atoms with E-state index in [1.807, 2.05) is 24.3 Å². The van der Waals surface area contributed by atoms with Crippen LogP contribution in [-0.4, -0.2) is 16.1 Å². The first-order valence-corrected chi connectivity index (χ1v) is 19.0. The van der Waals surface area contributed by atoms with E-state index in [1.165, 1.54) is 11.1 Å². The van der Waals surface area contributed by atoms with Gasteiger partial charge in [0, 0.05) is 38.9 Å². The van der Waals surface area contributed by atoms with E-state index in [0.717, 1.165) is 83.6 Å². The van der Waals surface area contributed by atoms with Gasteiger partial charge in [-0.1, -0.05) is 133 Å². The summed E-state index contributed by atoms with van der Waals surface area (Å²) in [5.74, 6) is 1.82. The van der Waals surface area contributed by atoms with E-state index >= 15 is 0 Å². The Balaban J connectivity index is 1.09. The molecule has 56 heavy (non-hydrogen) atoms. The first-order valence-electron chi connectivity index (χ1n) is 19.0. The zero-order chi connectivity index (χ0) is 37.0. The molecule has 264 valence electrons. The molecule has 1 aliphatic heterocycles. The fraction of sp³-hybridized carbons (Fsp3) is 0.0385. The number of allylic oxidation sites excluding steroid dienone is 2. The average Bonchev–Trinajstić information content (AvgIpc) is 3.84. The summed E-state index contributed by atoms with van der Waals surface area (Å²) in [7, 11) is 0. The van der Waals surface area contributed by atoms with Crippen molar-refractivity contribution in [1.29, 1.82) is 0 Å². The van der Waals surface area contributed by atoms with E-state index < -0.39 is 0 Å². The van der Waals surface area contributed by atoms with Crippen molar-refractivity contribution in [2.45, 2.75) is 12.0 Å². The fourth-order valence-electron chi connectivity index (χ4n) is 8.16. The predicted octanol–water partition coefficient (Wildman–Crippen LogP) is 13.3. The van der Waals surface area contributed by atoms with Gasteiger partial charge in [0.1, 0.15) is 23.0 Å². The predicted molar refractivity (Wildman–Crippen MR) is 227 cm³/mol. The zero-order valence-corrected chi connectivity index (χ0v) is 30.3. The Bertz CT molecular complexity index is 3000. The molecule has 9 aromatic rings. The number of hydrogen-bond donors (Lipinski definition) is 0. The van der Waals surface area contributed by atoms with Gasteiger partial charge in [-0.3, -0.25) is 0 Å². The Hall–Kier alpha value is -7.30. The van der Waals surface area contributed by atoms with Gasteiger partial charge < -0.3 is 9.15 Å². The standard InChI is InChI=1S/C52H34N2O2/c1-3-11-33(12-4-1)34-19-21-36(22-20-34)52-53-46(35-13-5-2-6-14-35)32-47(54-52)41-28-39(37-23-25-50-44(30-37)42-15-7-9-17-48(42)55-50)27-40(29-41)38-24-26-51-45(31-38)43-16-8-10-18-49(43)56-51/h1-32,42,48H. The van der Waals surface area contributed by atoms with Crippen molar-refractivity contribution in [2.24, 2.45) is 0 Å². The number of fused-ring (bicyclic) bond motifs is 6. The van der Waals surface area contributed by atoms with Crippen LogP contribution in [0, 0.1) is 0 Å². The van der Waals surface area contributed by atoms with Crippen molar-refractivity contribution in [3.8, 4) is 73.0 Å². The number of benzene rings is 7. The quantitative estimate of drug-likeness (QED) is 0.172. The molecule has 2 aromatic heterocycles. The largest absolute Gasteiger partial charge is 0.485 e. The molecule has 2 atom stereocenters. The number of hydrogen-bond acceptors (Lipinski definition) is 4. The molecule has 11 rings (SSSR count). The molecule has 0 saturated carbocycles.